The van der Waals surface area contributed by atoms with Crippen LogP contribution in [0.2, 0.25) is 0 Å². The van der Waals surface area contributed by atoms with Gasteiger partial charge in [-0.05, 0) is 34.0 Å². The molecule has 0 saturated carbocycles. The number of hydrogen-bond acceptors (Lipinski definition) is 0. The molecule has 0 nitrogen and oxygen atoms in total. The van der Waals surface area contributed by atoms with Gasteiger partial charge >= 0.3 is 0 Å². The third kappa shape index (κ3) is 1.85. The quantitative estimate of drug-likeness (QED) is 0.468. The van der Waals surface area contributed by atoms with E-state index in [0.29, 0.717) is 5.92 Å². The predicted octanol–water partition coefficient (Wildman–Crippen LogP) is 6.57. The summed E-state index contributed by atoms with van der Waals surface area (Å²) in [4.78, 5) is 0. The minimum atomic E-state index is 0.0175. The SMILES string of the molecule is CC12C=CC=C[C@@H]1c1cc(Br)c3ccccc3c1C=C2Br. The van der Waals surface area contributed by atoms with Crippen LogP contribution in [-0.2, 0) is 0 Å². The van der Waals surface area contributed by atoms with Gasteiger partial charge in [-0.15, -0.1) is 0 Å². The summed E-state index contributed by atoms with van der Waals surface area (Å²) in [6.07, 6.45) is 11.2. The highest BCUT2D eigenvalue weighted by Gasteiger charge is 2.39. The van der Waals surface area contributed by atoms with E-state index in [4.69, 9.17) is 0 Å². The van der Waals surface area contributed by atoms with Crippen molar-refractivity contribution in [3.05, 3.63) is 74.7 Å². The second-order valence-corrected chi connectivity index (χ2v) is 7.61. The largest absolute Gasteiger partial charge is 0.0758 e. The first-order valence-corrected chi connectivity index (χ1v) is 8.65. The van der Waals surface area contributed by atoms with E-state index in [9.17, 15) is 0 Å². The number of fused-ring (bicyclic) bond motifs is 5. The Kier molecular flexibility index (Phi) is 3.02. The maximum atomic E-state index is 3.82. The third-order valence-corrected chi connectivity index (χ3v) is 6.43. The highest BCUT2D eigenvalue weighted by atomic mass is 79.9. The summed E-state index contributed by atoms with van der Waals surface area (Å²) in [6.45, 7) is 2.30. The van der Waals surface area contributed by atoms with E-state index in [2.05, 4.69) is 99.5 Å². The Morgan fingerprint density at radius 3 is 2.62 bits per heavy atom. The first-order valence-electron chi connectivity index (χ1n) is 7.06. The minimum absolute atomic E-state index is 0.0175. The van der Waals surface area contributed by atoms with Crippen molar-refractivity contribution in [1.29, 1.82) is 0 Å². The van der Waals surface area contributed by atoms with Crippen LogP contribution in [0.1, 0.15) is 24.0 Å². The van der Waals surface area contributed by atoms with Crippen LogP contribution in [0.5, 0.6) is 0 Å². The van der Waals surface area contributed by atoms with Crippen LogP contribution < -0.4 is 0 Å². The highest BCUT2D eigenvalue weighted by Crippen LogP contribution is 2.54. The lowest BCUT2D eigenvalue weighted by molar-refractivity contribution is 0.474. The minimum Gasteiger partial charge on any atom is -0.0758 e. The van der Waals surface area contributed by atoms with E-state index < -0.39 is 0 Å². The first kappa shape index (κ1) is 13.5. The normalized spacial score (nSPS) is 26.4. The van der Waals surface area contributed by atoms with E-state index >= 15 is 0 Å². The molecule has 1 unspecified atom stereocenters. The van der Waals surface area contributed by atoms with E-state index in [0.717, 1.165) is 0 Å². The smallest absolute Gasteiger partial charge is 0.0276 e. The molecule has 2 aliphatic carbocycles. The lowest BCUT2D eigenvalue weighted by Crippen LogP contribution is -2.27. The maximum absolute atomic E-state index is 3.82. The molecule has 2 aliphatic rings. The average molecular weight is 402 g/mol. The Morgan fingerprint density at radius 2 is 1.81 bits per heavy atom. The Labute approximate surface area is 141 Å². The van der Waals surface area contributed by atoms with Gasteiger partial charge in [-0.25, -0.2) is 0 Å². The van der Waals surface area contributed by atoms with Crippen LogP contribution in [0.25, 0.3) is 16.8 Å². The second-order valence-electron chi connectivity index (χ2n) is 5.90. The Morgan fingerprint density at radius 1 is 1.05 bits per heavy atom. The zero-order chi connectivity index (χ0) is 14.6. The second kappa shape index (κ2) is 4.69. The number of hydrogen-bond donors (Lipinski definition) is 0. The molecule has 0 heterocycles. The van der Waals surface area contributed by atoms with Gasteiger partial charge in [0.15, 0.2) is 0 Å². The van der Waals surface area contributed by atoms with Crippen molar-refractivity contribution in [1.82, 2.24) is 0 Å². The van der Waals surface area contributed by atoms with Crippen LogP contribution in [0.4, 0.5) is 0 Å². The molecule has 2 heteroatoms. The van der Waals surface area contributed by atoms with Crippen molar-refractivity contribution < 1.29 is 0 Å². The van der Waals surface area contributed by atoms with Crippen molar-refractivity contribution in [3.63, 3.8) is 0 Å². The van der Waals surface area contributed by atoms with Crippen LogP contribution in [-0.4, -0.2) is 0 Å². The molecular weight excluding hydrogens is 388 g/mol. The van der Waals surface area contributed by atoms with Crippen LogP contribution in [0.15, 0.2) is 63.6 Å². The zero-order valence-corrected chi connectivity index (χ0v) is 14.8. The fourth-order valence-electron chi connectivity index (χ4n) is 3.46. The molecule has 21 heavy (non-hydrogen) atoms. The van der Waals surface area contributed by atoms with Gasteiger partial charge in [0.2, 0.25) is 0 Å². The van der Waals surface area contributed by atoms with E-state index in [1.54, 1.807) is 0 Å². The number of halogens is 2. The van der Waals surface area contributed by atoms with E-state index in [1.165, 1.54) is 30.9 Å². The Hall–Kier alpha value is -1.12. The first-order chi connectivity index (χ1) is 10.1. The average Bonchev–Trinajstić information content (AvgIpc) is 2.50. The van der Waals surface area contributed by atoms with Gasteiger partial charge in [-0.1, -0.05) is 87.4 Å². The molecule has 4 rings (SSSR count). The standard InChI is InChI=1S/C19H14Br2/c1-19-9-5-4-8-16(19)15-10-17(20)13-7-3-2-6-12(13)14(15)11-18(19)21/h2-11,16H,1H3/t16-,19?/m1/s1. The Bertz CT molecular complexity index is 842. The lowest BCUT2D eigenvalue weighted by atomic mass is 9.66. The number of benzene rings is 2. The fraction of sp³-hybridized carbons (Fsp3) is 0.158. The molecule has 2 aromatic rings. The molecule has 2 aromatic carbocycles. The fourth-order valence-corrected chi connectivity index (χ4v) is 4.66. The van der Waals surface area contributed by atoms with Crippen molar-refractivity contribution in [3.8, 4) is 0 Å². The van der Waals surface area contributed by atoms with Crippen LogP contribution in [0, 0.1) is 5.41 Å². The summed E-state index contributed by atoms with van der Waals surface area (Å²) >= 11 is 7.58. The molecule has 0 amide bonds. The predicted molar refractivity (Wildman–Crippen MR) is 97.7 cm³/mol. The lowest BCUT2D eigenvalue weighted by Gasteiger charge is -2.40. The van der Waals surface area contributed by atoms with Crippen molar-refractivity contribution >= 4 is 48.7 Å². The van der Waals surface area contributed by atoms with Gasteiger partial charge in [-0.3, -0.25) is 0 Å². The van der Waals surface area contributed by atoms with E-state index in [1.807, 2.05) is 0 Å². The van der Waals surface area contributed by atoms with Gasteiger partial charge in [-0.2, -0.15) is 0 Å². The van der Waals surface area contributed by atoms with Crippen molar-refractivity contribution in [2.45, 2.75) is 12.8 Å². The molecular formula is C19H14Br2. The van der Waals surface area contributed by atoms with Gasteiger partial charge in [0, 0.05) is 20.3 Å². The molecule has 0 fully saturated rings. The zero-order valence-electron chi connectivity index (χ0n) is 11.6. The summed E-state index contributed by atoms with van der Waals surface area (Å²) in [5.74, 6) is 0.373. The molecule has 0 radical (unpaired) electrons. The van der Waals surface area contributed by atoms with Gasteiger partial charge in [0.25, 0.3) is 0 Å². The molecule has 0 N–H and O–H groups in total. The molecule has 0 aromatic heterocycles. The Balaban J connectivity index is 2.11. The molecule has 0 spiro atoms. The summed E-state index contributed by atoms with van der Waals surface area (Å²) in [7, 11) is 0. The number of rotatable bonds is 0. The summed E-state index contributed by atoms with van der Waals surface area (Å²) in [5, 5.41) is 2.58. The number of allylic oxidation sites excluding steroid dienone is 5. The van der Waals surface area contributed by atoms with Gasteiger partial charge in [0.05, 0.1) is 0 Å². The van der Waals surface area contributed by atoms with E-state index in [-0.39, 0.29) is 5.41 Å². The summed E-state index contributed by atoms with van der Waals surface area (Å²) < 4.78 is 2.43. The van der Waals surface area contributed by atoms with Gasteiger partial charge < -0.3 is 0 Å². The molecule has 104 valence electrons. The van der Waals surface area contributed by atoms with Crippen LogP contribution in [0.3, 0.4) is 0 Å². The highest BCUT2D eigenvalue weighted by molar-refractivity contribution is 9.11. The molecule has 2 atom stereocenters. The van der Waals surface area contributed by atoms with Crippen LogP contribution >= 0.6 is 31.9 Å². The summed E-state index contributed by atoms with van der Waals surface area (Å²) in [5.41, 5.74) is 2.75. The summed E-state index contributed by atoms with van der Waals surface area (Å²) in [6, 6.07) is 10.9. The molecule has 0 bridgehead atoms. The van der Waals surface area contributed by atoms with Crippen molar-refractivity contribution in [2.24, 2.45) is 5.41 Å². The maximum Gasteiger partial charge on any atom is 0.0276 e. The van der Waals surface area contributed by atoms with Crippen molar-refractivity contribution in [2.75, 3.05) is 0 Å². The topological polar surface area (TPSA) is 0 Å². The molecule has 0 aliphatic heterocycles. The third-order valence-electron chi connectivity index (χ3n) is 4.69. The van der Waals surface area contributed by atoms with Gasteiger partial charge in [0.1, 0.15) is 0 Å². The molecule has 0 saturated heterocycles. The monoisotopic (exact) mass is 400 g/mol.